The number of rotatable bonds is 8. The molecular weight excluding hydrogens is 287 g/mol. The molecule has 0 amide bonds. The predicted octanol–water partition coefficient (Wildman–Crippen LogP) is 3.28. The molecule has 1 aromatic carbocycles. The van der Waals surface area contributed by atoms with Gasteiger partial charge in [-0.05, 0) is 18.2 Å². The zero-order valence-electron chi connectivity index (χ0n) is 11.1. The molecule has 0 atom stereocenters. The summed E-state index contributed by atoms with van der Waals surface area (Å²) < 4.78 is 37.7. The maximum absolute atomic E-state index is 12.6. The Bertz CT molecular complexity index is 423. The maximum Gasteiger partial charge on any atom is 0.416 e. The fourth-order valence-corrected chi connectivity index (χ4v) is 2.64. The molecule has 1 aromatic rings. The Labute approximate surface area is 121 Å². The summed E-state index contributed by atoms with van der Waals surface area (Å²) in [6, 6.07) is 5.32. The number of hydrogen-bond acceptors (Lipinski definition) is 3. The molecule has 6 heteroatoms. The second-order valence-corrected chi connectivity index (χ2v) is 5.36. The summed E-state index contributed by atoms with van der Waals surface area (Å²) in [6.45, 7) is 5.57. The highest BCUT2D eigenvalue weighted by atomic mass is 32.2. The van der Waals surface area contributed by atoms with Crippen LogP contribution in [0.4, 0.5) is 13.2 Å². The van der Waals surface area contributed by atoms with E-state index in [4.69, 9.17) is 5.11 Å². The van der Waals surface area contributed by atoms with Crippen molar-refractivity contribution in [2.24, 2.45) is 0 Å². The lowest BCUT2D eigenvalue weighted by atomic mass is 10.2. The van der Waals surface area contributed by atoms with Crippen LogP contribution in [0.2, 0.25) is 0 Å². The van der Waals surface area contributed by atoms with E-state index in [0.717, 1.165) is 12.1 Å². The van der Waals surface area contributed by atoms with Gasteiger partial charge in [0.05, 0.1) is 12.2 Å². The molecule has 0 saturated heterocycles. The molecule has 0 aliphatic heterocycles. The molecular formula is C14H18F3NOS. The van der Waals surface area contributed by atoms with Crippen LogP contribution in [0, 0.1) is 0 Å². The summed E-state index contributed by atoms with van der Waals surface area (Å²) in [5.41, 5.74) is -0.624. The molecule has 1 rings (SSSR count). The van der Waals surface area contributed by atoms with Gasteiger partial charge in [0.15, 0.2) is 0 Å². The smallest absolute Gasteiger partial charge is 0.395 e. The van der Waals surface area contributed by atoms with Crippen LogP contribution in [0.3, 0.4) is 0 Å². The van der Waals surface area contributed by atoms with Crippen molar-refractivity contribution in [2.75, 3.05) is 32.0 Å². The number of alkyl halides is 3. The van der Waals surface area contributed by atoms with Gasteiger partial charge in [-0.3, -0.25) is 4.90 Å². The fourth-order valence-electron chi connectivity index (χ4n) is 1.67. The molecule has 0 aliphatic rings. The van der Waals surface area contributed by atoms with E-state index in [-0.39, 0.29) is 6.61 Å². The summed E-state index contributed by atoms with van der Waals surface area (Å²) in [5, 5.41) is 8.90. The lowest BCUT2D eigenvalue weighted by Crippen LogP contribution is -2.29. The SMILES string of the molecule is C=CCN(CCO)CCSc1cccc(C(F)(F)F)c1. The van der Waals surface area contributed by atoms with Crippen LogP contribution >= 0.6 is 11.8 Å². The molecule has 112 valence electrons. The third kappa shape index (κ3) is 5.98. The van der Waals surface area contributed by atoms with Crippen LogP contribution in [0.15, 0.2) is 41.8 Å². The van der Waals surface area contributed by atoms with Crippen LogP contribution in [0.1, 0.15) is 5.56 Å². The summed E-state index contributed by atoms with van der Waals surface area (Å²) >= 11 is 1.37. The summed E-state index contributed by atoms with van der Waals surface area (Å²) in [7, 11) is 0. The first-order chi connectivity index (χ1) is 9.47. The number of benzene rings is 1. The lowest BCUT2D eigenvalue weighted by Gasteiger charge is -2.19. The third-order valence-corrected chi connectivity index (χ3v) is 3.62. The van der Waals surface area contributed by atoms with Crippen molar-refractivity contribution in [3.05, 3.63) is 42.5 Å². The Kier molecular flexibility index (Phi) is 7.12. The van der Waals surface area contributed by atoms with Gasteiger partial charge in [-0.2, -0.15) is 13.2 Å². The molecule has 0 spiro atoms. The highest BCUT2D eigenvalue weighted by Crippen LogP contribution is 2.31. The van der Waals surface area contributed by atoms with Gasteiger partial charge < -0.3 is 5.11 Å². The van der Waals surface area contributed by atoms with Crippen molar-refractivity contribution in [1.29, 1.82) is 0 Å². The zero-order chi connectivity index (χ0) is 15.0. The van der Waals surface area contributed by atoms with Gasteiger partial charge in [0.25, 0.3) is 0 Å². The van der Waals surface area contributed by atoms with E-state index in [1.807, 2.05) is 4.90 Å². The van der Waals surface area contributed by atoms with Crippen molar-refractivity contribution in [3.63, 3.8) is 0 Å². The second-order valence-electron chi connectivity index (χ2n) is 4.19. The van der Waals surface area contributed by atoms with E-state index in [9.17, 15) is 13.2 Å². The van der Waals surface area contributed by atoms with Crippen LogP contribution in [0.25, 0.3) is 0 Å². The van der Waals surface area contributed by atoms with Crippen molar-refractivity contribution in [2.45, 2.75) is 11.1 Å². The van der Waals surface area contributed by atoms with Crippen molar-refractivity contribution >= 4 is 11.8 Å². The van der Waals surface area contributed by atoms with Crippen LogP contribution < -0.4 is 0 Å². The molecule has 0 saturated carbocycles. The molecule has 0 aliphatic carbocycles. The molecule has 0 heterocycles. The van der Waals surface area contributed by atoms with Gasteiger partial charge in [-0.1, -0.05) is 12.1 Å². The highest BCUT2D eigenvalue weighted by Gasteiger charge is 2.30. The zero-order valence-corrected chi connectivity index (χ0v) is 11.9. The van der Waals surface area contributed by atoms with E-state index in [1.165, 1.54) is 17.8 Å². The highest BCUT2D eigenvalue weighted by molar-refractivity contribution is 7.99. The lowest BCUT2D eigenvalue weighted by molar-refractivity contribution is -0.137. The molecule has 0 unspecified atom stereocenters. The van der Waals surface area contributed by atoms with Crippen molar-refractivity contribution in [1.82, 2.24) is 4.90 Å². The van der Waals surface area contributed by atoms with E-state index in [2.05, 4.69) is 6.58 Å². The average Bonchev–Trinajstić information content (AvgIpc) is 2.38. The first kappa shape index (κ1) is 17.1. The molecule has 1 N–H and O–H groups in total. The largest absolute Gasteiger partial charge is 0.416 e. The average molecular weight is 305 g/mol. The topological polar surface area (TPSA) is 23.5 Å². The predicted molar refractivity (Wildman–Crippen MR) is 75.9 cm³/mol. The monoisotopic (exact) mass is 305 g/mol. The number of halogens is 3. The molecule has 0 fully saturated rings. The van der Waals surface area contributed by atoms with Crippen LogP contribution in [-0.4, -0.2) is 42.0 Å². The number of aliphatic hydroxyl groups is 1. The summed E-state index contributed by atoms with van der Waals surface area (Å²) in [4.78, 5) is 2.59. The maximum atomic E-state index is 12.6. The first-order valence-electron chi connectivity index (χ1n) is 6.21. The van der Waals surface area contributed by atoms with Crippen molar-refractivity contribution in [3.8, 4) is 0 Å². The van der Waals surface area contributed by atoms with Gasteiger partial charge in [0.2, 0.25) is 0 Å². The standard InChI is InChI=1S/C14H18F3NOS/c1-2-6-18(7-9-19)8-10-20-13-5-3-4-12(11-13)14(15,16)17/h2-5,11,19H,1,6-10H2. The molecule has 20 heavy (non-hydrogen) atoms. The Hall–Kier alpha value is -0.980. The Balaban J connectivity index is 2.51. The van der Waals surface area contributed by atoms with Crippen molar-refractivity contribution < 1.29 is 18.3 Å². The second kappa shape index (κ2) is 8.34. The van der Waals surface area contributed by atoms with Crippen LogP contribution in [-0.2, 0) is 6.18 Å². The Morgan fingerprint density at radius 3 is 2.65 bits per heavy atom. The number of nitrogens with zero attached hydrogens (tertiary/aromatic N) is 1. The summed E-state index contributed by atoms with van der Waals surface area (Å²) in [5.74, 6) is 0.662. The molecule has 0 aromatic heterocycles. The molecule has 2 nitrogen and oxygen atoms in total. The van der Waals surface area contributed by atoms with Gasteiger partial charge in [0.1, 0.15) is 0 Å². The van der Waals surface area contributed by atoms with Crippen LogP contribution in [0.5, 0.6) is 0 Å². The Morgan fingerprint density at radius 1 is 1.30 bits per heavy atom. The minimum absolute atomic E-state index is 0.0576. The number of thioether (sulfide) groups is 1. The number of hydrogen-bond donors (Lipinski definition) is 1. The van der Waals surface area contributed by atoms with Gasteiger partial charge >= 0.3 is 6.18 Å². The number of aliphatic hydroxyl groups excluding tert-OH is 1. The van der Waals surface area contributed by atoms with E-state index in [1.54, 1.807) is 12.1 Å². The normalized spacial score (nSPS) is 11.8. The quantitative estimate of drug-likeness (QED) is 0.589. The minimum atomic E-state index is -4.30. The molecule has 0 radical (unpaired) electrons. The summed E-state index contributed by atoms with van der Waals surface area (Å²) in [6.07, 6.45) is -2.56. The van der Waals surface area contributed by atoms with E-state index in [0.29, 0.717) is 30.3 Å². The minimum Gasteiger partial charge on any atom is -0.395 e. The van der Waals surface area contributed by atoms with Gasteiger partial charge in [-0.25, -0.2) is 0 Å². The Morgan fingerprint density at radius 2 is 2.05 bits per heavy atom. The first-order valence-corrected chi connectivity index (χ1v) is 7.20. The third-order valence-electron chi connectivity index (χ3n) is 2.64. The molecule has 0 bridgehead atoms. The van der Waals surface area contributed by atoms with Gasteiger partial charge in [0, 0.05) is 30.3 Å². The fraction of sp³-hybridized carbons (Fsp3) is 0.429. The van der Waals surface area contributed by atoms with E-state index >= 15 is 0 Å². The van der Waals surface area contributed by atoms with E-state index < -0.39 is 11.7 Å². The van der Waals surface area contributed by atoms with Gasteiger partial charge in [-0.15, -0.1) is 18.3 Å².